The minimum absolute atomic E-state index is 0.327. The maximum absolute atomic E-state index is 12.3. The van der Waals surface area contributed by atoms with Gasteiger partial charge in [-0.05, 0) is 6.92 Å². The molecule has 11 heteroatoms. The van der Waals surface area contributed by atoms with Crippen molar-refractivity contribution in [1.29, 1.82) is 0 Å². The minimum atomic E-state index is -6.33. The van der Waals surface area contributed by atoms with Crippen LogP contribution in [-0.2, 0) is 14.3 Å². The summed E-state index contributed by atoms with van der Waals surface area (Å²) < 4.78 is 98.0. The van der Waals surface area contributed by atoms with Crippen LogP contribution in [-0.4, -0.2) is 30.2 Å². The highest BCUT2D eigenvalue weighted by atomic mass is 19.4. The predicted molar refractivity (Wildman–Crippen MR) is 41.9 cm³/mol. The molecule has 0 aliphatic carbocycles. The molecule has 0 saturated heterocycles. The molecular formula is C8H4F8O3. The van der Waals surface area contributed by atoms with Crippen molar-refractivity contribution in [3.8, 4) is 0 Å². The van der Waals surface area contributed by atoms with E-state index in [1.165, 1.54) is 0 Å². The molecule has 0 aromatic heterocycles. The molecule has 0 radical (unpaired) electrons. The molecular weight excluding hydrogens is 296 g/mol. The van der Waals surface area contributed by atoms with Crippen LogP contribution in [0.25, 0.3) is 0 Å². The van der Waals surface area contributed by atoms with E-state index in [4.69, 9.17) is 0 Å². The van der Waals surface area contributed by atoms with Gasteiger partial charge in [0.2, 0.25) is 0 Å². The van der Waals surface area contributed by atoms with Gasteiger partial charge in [-0.25, -0.2) is 9.59 Å². The van der Waals surface area contributed by atoms with Gasteiger partial charge in [-0.15, -0.1) is 0 Å². The average Bonchev–Trinajstić information content (AvgIpc) is 2.13. The Bertz CT molecular complexity index is 403. The zero-order valence-corrected chi connectivity index (χ0v) is 8.83. The highest BCUT2D eigenvalue weighted by Gasteiger charge is 2.65. The van der Waals surface area contributed by atoms with Gasteiger partial charge in [-0.2, -0.15) is 35.1 Å². The molecule has 0 saturated carbocycles. The van der Waals surface area contributed by atoms with Crippen LogP contribution in [0, 0.1) is 0 Å². The Balaban J connectivity index is 4.92. The van der Waals surface area contributed by atoms with Gasteiger partial charge in [0.15, 0.2) is 0 Å². The first-order valence-electron chi connectivity index (χ1n) is 4.16. The van der Waals surface area contributed by atoms with E-state index in [9.17, 15) is 44.7 Å². The maximum atomic E-state index is 12.3. The monoisotopic (exact) mass is 300 g/mol. The second kappa shape index (κ2) is 5.13. The number of rotatable bonds is 2. The zero-order valence-electron chi connectivity index (χ0n) is 8.83. The summed E-state index contributed by atoms with van der Waals surface area (Å²) in [5, 5.41) is 0. The Kier molecular flexibility index (Phi) is 4.68. The molecule has 0 atom stereocenters. The fraction of sp³-hybridized carbons (Fsp3) is 0.500. The number of carbonyl (C=O) groups is 2. The quantitative estimate of drug-likeness (QED) is 0.341. The third kappa shape index (κ3) is 4.48. The lowest BCUT2D eigenvalue weighted by molar-refractivity contribution is -0.278. The number of ether oxygens (including phenoxy) is 1. The molecule has 0 amide bonds. The molecule has 0 aliphatic rings. The molecule has 0 spiro atoms. The molecule has 0 bridgehead atoms. The molecule has 0 aliphatic heterocycles. The van der Waals surface area contributed by atoms with Crippen LogP contribution in [0.1, 0.15) is 6.92 Å². The zero-order chi connectivity index (χ0) is 15.6. The first-order chi connectivity index (χ1) is 8.19. The van der Waals surface area contributed by atoms with Crippen molar-refractivity contribution in [1.82, 2.24) is 0 Å². The topological polar surface area (TPSA) is 43.4 Å². The van der Waals surface area contributed by atoms with Crippen LogP contribution in [0.4, 0.5) is 35.1 Å². The number of hydrogen-bond donors (Lipinski definition) is 0. The van der Waals surface area contributed by atoms with Crippen LogP contribution in [0.2, 0.25) is 0 Å². The molecule has 0 aromatic rings. The van der Waals surface area contributed by atoms with E-state index in [-0.39, 0.29) is 0 Å². The molecule has 19 heavy (non-hydrogen) atoms. The largest absolute Gasteiger partial charge is 0.465 e. The number of carbonyl (C=O) groups excluding carboxylic acids is 2. The summed E-state index contributed by atoms with van der Waals surface area (Å²) in [4.78, 5) is 20.9. The lowest BCUT2D eigenvalue weighted by atomic mass is 10.3. The fourth-order valence-electron chi connectivity index (χ4n) is 0.559. The second-order valence-corrected chi connectivity index (χ2v) is 3.11. The molecule has 110 valence electrons. The van der Waals surface area contributed by atoms with Crippen LogP contribution in [0.15, 0.2) is 11.6 Å². The first-order valence-corrected chi connectivity index (χ1v) is 4.16. The van der Waals surface area contributed by atoms with Crippen molar-refractivity contribution in [3.63, 3.8) is 0 Å². The maximum Gasteiger partial charge on any atom is 0.465 e. The van der Waals surface area contributed by atoms with Gasteiger partial charge in [0, 0.05) is 11.6 Å². The van der Waals surface area contributed by atoms with E-state index in [0.717, 1.165) is 0 Å². The normalized spacial score (nSPS) is 14.3. The molecule has 0 N–H and O–H groups in total. The fourth-order valence-corrected chi connectivity index (χ4v) is 0.559. The van der Waals surface area contributed by atoms with Gasteiger partial charge < -0.3 is 4.74 Å². The van der Waals surface area contributed by atoms with E-state index in [0.29, 0.717) is 6.92 Å². The Labute approximate surface area is 99.4 Å². The number of allylic oxidation sites excluding steroid dienone is 1. The van der Waals surface area contributed by atoms with Crippen LogP contribution < -0.4 is 0 Å². The number of halogens is 8. The summed E-state index contributed by atoms with van der Waals surface area (Å²) in [5.74, 6) is -11.6. The van der Waals surface area contributed by atoms with Gasteiger partial charge in [-0.3, -0.25) is 0 Å². The lowest BCUT2D eigenvalue weighted by Crippen LogP contribution is -2.45. The van der Waals surface area contributed by atoms with Crippen LogP contribution in [0.5, 0.6) is 0 Å². The number of hydrogen-bond acceptors (Lipinski definition) is 3. The van der Waals surface area contributed by atoms with Crippen molar-refractivity contribution >= 4 is 11.9 Å². The van der Waals surface area contributed by atoms with E-state index < -0.39 is 41.9 Å². The lowest BCUT2D eigenvalue weighted by Gasteiger charge is -2.16. The highest BCUT2D eigenvalue weighted by Crippen LogP contribution is 2.36. The summed E-state index contributed by atoms with van der Waals surface area (Å²) in [7, 11) is 0. The summed E-state index contributed by atoms with van der Waals surface area (Å²) >= 11 is 0. The van der Waals surface area contributed by atoms with Crippen molar-refractivity contribution < 1.29 is 49.4 Å². The number of alkyl halides is 8. The molecule has 0 aromatic carbocycles. The Hall–Kier alpha value is -1.68. The van der Waals surface area contributed by atoms with Crippen LogP contribution >= 0.6 is 0 Å². The average molecular weight is 300 g/mol. The molecule has 0 heterocycles. The summed E-state index contributed by atoms with van der Waals surface area (Å²) in [6.45, 7) is 0.327. The van der Waals surface area contributed by atoms with Crippen LogP contribution in [0.3, 0.4) is 0 Å². The van der Waals surface area contributed by atoms with Gasteiger partial charge >= 0.3 is 30.2 Å². The predicted octanol–water partition coefficient (Wildman–Crippen LogP) is 2.76. The Morgan fingerprint density at radius 3 is 1.68 bits per heavy atom. The SMILES string of the molecule is C/C(=C/C(=O)OC(=O)C(F)(F)C(F)(F)F)C(F)(F)F. The smallest absolute Gasteiger partial charge is 0.385 e. The summed E-state index contributed by atoms with van der Waals surface area (Å²) in [6, 6.07) is 0. The van der Waals surface area contributed by atoms with Crippen molar-refractivity contribution in [2.24, 2.45) is 0 Å². The highest BCUT2D eigenvalue weighted by molar-refractivity contribution is 5.95. The standard InChI is InChI=1S/C8H4F8O3/c1-3(7(11,12)13)2-4(17)19-5(18)6(9,10)8(14,15)16/h2H,1H3/b3-2-. The molecule has 0 fully saturated rings. The van der Waals surface area contributed by atoms with E-state index in [2.05, 4.69) is 4.74 Å². The minimum Gasteiger partial charge on any atom is -0.385 e. The Morgan fingerprint density at radius 1 is 0.947 bits per heavy atom. The van der Waals surface area contributed by atoms with E-state index >= 15 is 0 Å². The van der Waals surface area contributed by atoms with E-state index in [1.54, 1.807) is 0 Å². The van der Waals surface area contributed by atoms with Gasteiger partial charge in [0.1, 0.15) is 0 Å². The molecule has 3 nitrogen and oxygen atoms in total. The second-order valence-electron chi connectivity index (χ2n) is 3.11. The third-order valence-corrected chi connectivity index (χ3v) is 1.59. The van der Waals surface area contributed by atoms with Crippen molar-refractivity contribution in [2.75, 3.05) is 0 Å². The van der Waals surface area contributed by atoms with Gasteiger partial charge in [0.25, 0.3) is 0 Å². The third-order valence-electron chi connectivity index (χ3n) is 1.59. The van der Waals surface area contributed by atoms with Crippen molar-refractivity contribution in [3.05, 3.63) is 11.6 Å². The van der Waals surface area contributed by atoms with E-state index in [1.807, 2.05) is 0 Å². The van der Waals surface area contributed by atoms with Crippen molar-refractivity contribution in [2.45, 2.75) is 25.2 Å². The Morgan fingerprint density at radius 2 is 1.37 bits per heavy atom. The summed E-state index contributed by atoms with van der Waals surface area (Å²) in [5.41, 5.74) is -1.64. The first kappa shape index (κ1) is 17.3. The van der Waals surface area contributed by atoms with Gasteiger partial charge in [0.05, 0.1) is 0 Å². The molecule has 0 unspecified atom stereocenters. The molecule has 0 rings (SSSR count). The summed E-state index contributed by atoms with van der Waals surface area (Å²) in [6.07, 6.45) is -11.8. The van der Waals surface area contributed by atoms with Gasteiger partial charge in [-0.1, -0.05) is 0 Å². The number of esters is 2.